The van der Waals surface area contributed by atoms with Crippen LogP contribution in [0.2, 0.25) is 0 Å². The molecule has 1 aliphatic carbocycles. The maximum absolute atomic E-state index is 13.2. The molecule has 4 heteroatoms. The number of carbonyl (C=O) groups excluding carboxylic acids is 2. The van der Waals surface area contributed by atoms with E-state index in [-0.39, 0.29) is 17.9 Å². The van der Waals surface area contributed by atoms with Gasteiger partial charge in [-0.2, -0.15) is 0 Å². The summed E-state index contributed by atoms with van der Waals surface area (Å²) in [5, 5.41) is 0. The van der Waals surface area contributed by atoms with Gasteiger partial charge in [0.25, 0.3) is 0 Å². The summed E-state index contributed by atoms with van der Waals surface area (Å²) >= 11 is 0. The number of esters is 2. The number of benzene rings is 4. The Morgan fingerprint density at radius 1 is 0.658 bits per heavy atom. The lowest BCUT2D eigenvalue weighted by atomic mass is 9.70. The van der Waals surface area contributed by atoms with E-state index in [1.54, 1.807) is 0 Å². The molecule has 0 radical (unpaired) electrons. The molecule has 7 rings (SSSR count). The topological polar surface area (TPSA) is 52.6 Å². The van der Waals surface area contributed by atoms with Crippen molar-refractivity contribution in [2.24, 2.45) is 0 Å². The van der Waals surface area contributed by atoms with Crippen LogP contribution in [-0.4, -0.2) is 11.9 Å². The van der Waals surface area contributed by atoms with Crippen LogP contribution in [0.25, 0.3) is 0 Å². The van der Waals surface area contributed by atoms with E-state index >= 15 is 0 Å². The molecule has 0 saturated carbocycles. The first-order chi connectivity index (χ1) is 18.4. The first-order valence-corrected chi connectivity index (χ1v) is 13.2. The minimum Gasteiger partial charge on any atom is -0.425 e. The van der Waals surface area contributed by atoms with Gasteiger partial charge in [-0.15, -0.1) is 0 Å². The Hall–Kier alpha value is -4.18. The van der Waals surface area contributed by atoms with Crippen LogP contribution in [0, 0.1) is 20.8 Å². The third-order valence-electron chi connectivity index (χ3n) is 8.79. The third kappa shape index (κ3) is 3.03. The highest BCUT2D eigenvalue weighted by atomic mass is 16.5. The Morgan fingerprint density at radius 2 is 1.21 bits per heavy atom. The second-order valence-corrected chi connectivity index (χ2v) is 10.8. The Labute approximate surface area is 222 Å². The van der Waals surface area contributed by atoms with Crippen molar-refractivity contribution in [3.63, 3.8) is 0 Å². The molecule has 3 atom stereocenters. The van der Waals surface area contributed by atoms with Crippen molar-refractivity contribution in [3.05, 3.63) is 128 Å². The zero-order valence-electron chi connectivity index (χ0n) is 21.9. The number of hydrogen-bond donors (Lipinski definition) is 0. The number of aryl methyl sites for hydroxylation is 1. The van der Waals surface area contributed by atoms with Crippen molar-refractivity contribution in [2.45, 2.75) is 51.9 Å². The van der Waals surface area contributed by atoms with Gasteiger partial charge < -0.3 is 9.47 Å². The average molecular weight is 501 g/mol. The smallest absolute Gasteiger partial charge is 0.323 e. The molecule has 3 unspecified atom stereocenters. The Bertz CT molecular complexity index is 1670. The van der Waals surface area contributed by atoms with Gasteiger partial charge in [-0.3, -0.25) is 9.59 Å². The summed E-state index contributed by atoms with van der Waals surface area (Å²) in [6.45, 7) is 8.48. The molecule has 0 bridgehead atoms. The summed E-state index contributed by atoms with van der Waals surface area (Å²) in [6.07, 6.45) is 0.672. The van der Waals surface area contributed by atoms with Gasteiger partial charge in [0.2, 0.25) is 0 Å². The lowest BCUT2D eigenvalue weighted by Gasteiger charge is -2.33. The van der Waals surface area contributed by atoms with E-state index in [0.29, 0.717) is 17.9 Å². The van der Waals surface area contributed by atoms with Gasteiger partial charge in [-0.1, -0.05) is 73.7 Å². The minimum atomic E-state index is -0.440. The minimum absolute atomic E-state index is 0.0981. The molecule has 0 amide bonds. The normalized spacial score (nSPS) is 20.8. The van der Waals surface area contributed by atoms with E-state index in [9.17, 15) is 9.59 Å². The number of hydrogen-bond acceptors (Lipinski definition) is 4. The van der Waals surface area contributed by atoms with Gasteiger partial charge in [-0.25, -0.2) is 0 Å². The van der Waals surface area contributed by atoms with Crippen LogP contribution in [0.5, 0.6) is 11.5 Å². The van der Waals surface area contributed by atoms with Crippen molar-refractivity contribution in [1.29, 1.82) is 0 Å². The average Bonchev–Trinajstić information content (AvgIpc) is 3.46. The fourth-order valence-corrected chi connectivity index (χ4v) is 7.07. The molecule has 0 saturated heterocycles. The molecular formula is C34H28O4. The first kappa shape index (κ1) is 23.0. The van der Waals surface area contributed by atoms with Crippen molar-refractivity contribution in [3.8, 4) is 11.5 Å². The highest BCUT2D eigenvalue weighted by Gasteiger charge is 2.44. The Kier molecular flexibility index (Phi) is 4.93. The maximum atomic E-state index is 13.2. The molecule has 4 nitrogen and oxygen atoms in total. The summed E-state index contributed by atoms with van der Waals surface area (Å²) in [5.74, 6) is 0.202. The van der Waals surface area contributed by atoms with Crippen LogP contribution in [0.15, 0.2) is 66.7 Å². The first-order valence-electron chi connectivity index (χ1n) is 13.2. The Morgan fingerprint density at radius 3 is 1.82 bits per heavy atom. The van der Waals surface area contributed by atoms with Crippen LogP contribution in [0.1, 0.15) is 85.9 Å². The van der Waals surface area contributed by atoms with Crippen molar-refractivity contribution in [2.75, 3.05) is 0 Å². The predicted molar refractivity (Wildman–Crippen MR) is 145 cm³/mol. The number of fused-ring (bicyclic) bond motifs is 5. The zero-order valence-corrected chi connectivity index (χ0v) is 21.9. The van der Waals surface area contributed by atoms with E-state index in [1.165, 1.54) is 16.7 Å². The fraction of sp³-hybridized carbons (Fsp3) is 0.235. The SMILES string of the molecule is Cc1cc2c(c3c1OC(=O)C3c1ccccc1)Cc1c(C)c3c(c(C)c1C2C)C(c1ccccc1)C(=O)O3. The molecule has 4 aromatic carbocycles. The standard InChI is InChI=1S/C34H28O4/c1-17-15-23-18(2)26-20(4)27-28(21-11-7-5-8-12-21)33(35)38-32(27)19(3)24(26)16-25(23)30-29(34(36)37-31(17)30)22-13-9-6-10-14-22/h5-15,18,28-29H,16H2,1-4H3. The lowest BCUT2D eigenvalue weighted by Crippen LogP contribution is -2.19. The number of rotatable bonds is 2. The Balaban J connectivity index is 1.44. The predicted octanol–water partition coefficient (Wildman–Crippen LogP) is 6.77. The second kappa shape index (κ2) is 8.16. The van der Waals surface area contributed by atoms with E-state index < -0.39 is 11.8 Å². The maximum Gasteiger partial charge on any atom is 0.323 e. The van der Waals surface area contributed by atoms with Crippen LogP contribution in [0.4, 0.5) is 0 Å². The molecule has 0 fully saturated rings. The fourth-order valence-electron chi connectivity index (χ4n) is 7.07. The van der Waals surface area contributed by atoms with Crippen LogP contribution in [-0.2, 0) is 16.0 Å². The molecule has 38 heavy (non-hydrogen) atoms. The zero-order chi connectivity index (χ0) is 26.3. The highest BCUT2D eigenvalue weighted by Crippen LogP contribution is 2.54. The second-order valence-electron chi connectivity index (χ2n) is 10.8. The molecule has 2 aliphatic heterocycles. The molecule has 188 valence electrons. The molecule has 3 aliphatic rings. The number of ether oxygens (including phenoxy) is 2. The van der Waals surface area contributed by atoms with Gasteiger partial charge >= 0.3 is 11.9 Å². The van der Waals surface area contributed by atoms with Crippen molar-refractivity contribution in [1.82, 2.24) is 0 Å². The summed E-state index contributed by atoms with van der Waals surface area (Å²) in [5.41, 5.74) is 11.9. The lowest BCUT2D eigenvalue weighted by molar-refractivity contribution is -0.134. The summed E-state index contributed by atoms with van der Waals surface area (Å²) in [7, 11) is 0. The quantitative estimate of drug-likeness (QED) is 0.225. The van der Waals surface area contributed by atoms with E-state index in [1.807, 2.05) is 67.6 Å². The van der Waals surface area contributed by atoms with Crippen molar-refractivity contribution < 1.29 is 19.1 Å². The van der Waals surface area contributed by atoms with Gasteiger partial charge in [0.05, 0.1) is 0 Å². The summed E-state index contributed by atoms with van der Waals surface area (Å²) in [4.78, 5) is 26.4. The van der Waals surface area contributed by atoms with Gasteiger partial charge in [0.1, 0.15) is 23.3 Å². The van der Waals surface area contributed by atoms with E-state index in [0.717, 1.165) is 44.5 Å². The molecule has 0 aromatic heterocycles. The van der Waals surface area contributed by atoms with E-state index in [4.69, 9.17) is 9.47 Å². The van der Waals surface area contributed by atoms with Crippen LogP contribution in [0.3, 0.4) is 0 Å². The van der Waals surface area contributed by atoms with Crippen molar-refractivity contribution >= 4 is 11.9 Å². The van der Waals surface area contributed by atoms with Crippen LogP contribution >= 0.6 is 0 Å². The molecule has 2 heterocycles. The highest BCUT2D eigenvalue weighted by molar-refractivity contribution is 5.93. The molecular weight excluding hydrogens is 472 g/mol. The van der Waals surface area contributed by atoms with Gasteiger partial charge in [0, 0.05) is 17.0 Å². The third-order valence-corrected chi connectivity index (χ3v) is 8.79. The summed E-state index contributed by atoms with van der Waals surface area (Å²) < 4.78 is 11.9. The molecule has 0 N–H and O–H groups in total. The molecule has 0 spiro atoms. The number of carbonyl (C=O) groups is 2. The summed E-state index contributed by atoms with van der Waals surface area (Å²) in [6, 6.07) is 22.0. The van der Waals surface area contributed by atoms with Gasteiger partial charge in [0.15, 0.2) is 0 Å². The monoisotopic (exact) mass is 500 g/mol. The molecule has 4 aromatic rings. The van der Waals surface area contributed by atoms with Crippen LogP contribution < -0.4 is 9.47 Å². The van der Waals surface area contributed by atoms with Gasteiger partial charge in [-0.05, 0) is 77.3 Å². The largest absolute Gasteiger partial charge is 0.425 e. The van der Waals surface area contributed by atoms with E-state index in [2.05, 4.69) is 26.8 Å².